The summed E-state index contributed by atoms with van der Waals surface area (Å²) >= 11 is 0. The standard InChI is InChI=1S/C19BF14/c21-6-3-1(7(22)12(27)13(28)9(3)24)2-4(6)19(34,18(33)17(32)8(2)23)20-5-10(25)14(29)16(31)15(30)11(5)26. The van der Waals surface area contributed by atoms with Crippen molar-refractivity contribution >= 4 is 24.1 Å². The van der Waals surface area contributed by atoms with E-state index in [1.54, 1.807) is 0 Å². The Morgan fingerprint density at radius 3 is 1.35 bits per heavy atom. The molecule has 0 bridgehead atoms. The van der Waals surface area contributed by atoms with Crippen LogP contribution in [0.3, 0.4) is 0 Å². The van der Waals surface area contributed by atoms with Crippen LogP contribution in [0.1, 0.15) is 11.1 Å². The summed E-state index contributed by atoms with van der Waals surface area (Å²) in [6, 6.07) is 0. The van der Waals surface area contributed by atoms with Crippen molar-refractivity contribution < 1.29 is 61.5 Å². The molecule has 4 rings (SSSR count). The highest BCUT2D eigenvalue weighted by Crippen LogP contribution is 2.57. The molecular formula is C19BF14. The highest BCUT2D eigenvalue weighted by molar-refractivity contribution is 6.59. The zero-order valence-electron chi connectivity index (χ0n) is 15.4. The smallest absolute Gasteiger partial charge is 0.225 e. The van der Waals surface area contributed by atoms with Crippen LogP contribution in [0.2, 0.25) is 0 Å². The maximum absolute atomic E-state index is 15.7. The molecule has 0 aliphatic heterocycles. The van der Waals surface area contributed by atoms with Gasteiger partial charge in [-0.1, -0.05) is 0 Å². The molecule has 0 aromatic heterocycles. The number of allylic oxidation sites excluding steroid dienone is 5. The lowest BCUT2D eigenvalue weighted by Crippen LogP contribution is -2.46. The molecule has 2 aliphatic rings. The first-order valence-electron chi connectivity index (χ1n) is 8.47. The molecule has 0 saturated heterocycles. The van der Waals surface area contributed by atoms with E-state index in [1.165, 1.54) is 0 Å². The Bertz CT molecular complexity index is 1390. The summed E-state index contributed by atoms with van der Waals surface area (Å²) in [5.41, 5.74) is -15.5. The SMILES string of the molecule is FC1=C2C(=C(F)c3c(F)c(F)c(F)c(F)c32)C(F)([B]c2c(F)c(F)c(F)c(F)c2F)C(F)=C1F. The van der Waals surface area contributed by atoms with Crippen molar-refractivity contribution in [2.24, 2.45) is 0 Å². The van der Waals surface area contributed by atoms with Gasteiger partial charge in [0.2, 0.25) is 7.28 Å². The van der Waals surface area contributed by atoms with Crippen LogP contribution >= 0.6 is 0 Å². The summed E-state index contributed by atoms with van der Waals surface area (Å²) in [6.07, 6.45) is 0. The summed E-state index contributed by atoms with van der Waals surface area (Å²) in [5.74, 6) is -35.7. The average Bonchev–Trinajstić information content (AvgIpc) is 3.12. The van der Waals surface area contributed by atoms with Gasteiger partial charge in [0, 0.05) is 16.7 Å². The van der Waals surface area contributed by atoms with Gasteiger partial charge < -0.3 is 0 Å². The van der Waals surface area contributed by atoms with Crippen molar-refractivity contribution in [3.8, 4) is 0 Å². The highest BCUT2D eigenvalue weighted by atomic mass is 19.2. The fraction of sp³-hybridized carbons (Fsp3) is 0.0526. The predicted molar refractivity (Wildman–Crippen MR) is 87.0 cm³/mol. The number of hydrogen-bond acceptors (Lipinski definition) is 0. The Labute approximate surface area is 178 Å². The van der Waals surface area contributed by atoms with Crippen molar-refractivity contribution in [2.45, 2.75) is 5.57 Å². The number of halogens is 14. The molecule has 1 unspecified atom stereocenters. The van der Waals surface area contributed by atoms with E-state index in [-0.39, 0.29) is 0 Å². The first-order chi connectivity index (χ1) is 15.7. The molecule has 0 N–H and O–H groups in total. The van der Waals surface area contributed by atoms with E-state index >= 15 is 4.39 Å². The normalized spacial score (nSPS) is 19.8. The van der Waals surface area contributed by atoms with E-state index in [4.69, 9.17) is 0 Å². The molecule has 0 fully saturated rings. The summed E-state index contributed by atoms with van der Waals surface area (Å²) in [7, 11) is -0.909. The van der Waals surface area contributed by atoms with Gasteiger partial charge in [0.05, 0.1) is 5.56 Å². The van der Waals surface area contributed by atoms with Gasteiger partial charge in [-0.2, -0.15) is 0 Å². The summed E-state index contributed by atoms with van der Waals surface area (Å²) in [4.78, 5) is 0. The maximum Gasteiger partial charge on any atom is 0.225 e. The lowest BCUT2D eigenvalue weighted by Gasteiger charge is -2.30. The first kappa shape index (κ1) is 23.9. The summed E-state index contributed by atoms with van der Waals surface area (Å²) in [6.45, 7) is 0. The van der Waals surface area contributed by atoms with Gasteiger partial charge in [-0.25, -0.2) is 61.5 Å². The predicted octanol–water partition coefficient (Wildman–Crippen LogP) is 6.17. The fourth-order valence-electron chi connectivity index (χ4n) is 3.55. The molecule has 15 heteroatoms. The zero-order valence-corrected chi connectivity index (χ0v) is 15.4. The number of hydrogen-bond donors (Lipinski definition) is 0. The molecule has 34 heavy (non-hydrogen) atoms. The molecule has 1 radical (unpaired) electrons. The van der Waals surface area contributed by atoms with E-state index < -0.39 is 116 Å². The molecule has 0 heterocycles. The monoisotopic (exact) mass is 505 g/mol. The lowest BCUT2D eigenvalue weighted by molar-refractivity contribution is 0.298. The molecule has 0 spiro atoms. The molecule has 2 aliphatic carbocycles. The molecular weight excluding hydrogens is 505 g/mol. The van der Waals surface area contributed by atoms with Crippen LogP contribution < -0.4 is 5.46 Å². The quantitative estimate of drug-likeness (QED) is 0.198. The Morgan fingerprint density at radius 2 is 0.853 bits per heavy atom. The second-order valence-electron chi connectivity index (χ2n) is 6.85. The van der Waals surface area contributed by atoms with Crippen LogP contribution in [0.4, 0.5) is 61.5 Å². The van der Waals surface area contributed by atoms with E-state index in [2.05, 4.69) is 0 Å². The zero-order chi connectivity index (χ0) is 25.6. The van der Waals surface area contributed by atoms with Crippen molar-refractivity contribution in [2.75, 3.05) is 0 Å². The molecule has 0 saturated carbocycles. The van der Waals surface area contributed by atoms with Gasteiger partial charge in [-0.15, -0.1) is 0 Å². The third-order valence-electron chi connectivity index (χ3n) is 5.08. The summed E-state index contributed by atoms with van der Waals surface area (Å²) < 4.78 is 197. The fourth-order valence-corrected chi connectivity index (χ4v) is 3.55. The minimum atomic E-state index is -4.82. The highest BCUT2D eigenvalue weighted by Gasteiger charge is 2.56. The van der Waals surface area contributed by atoms with Gasteiger partial charge in [-0.3, -0.25) is 0 Å². The minimum absolute atomic E-state index is 0.909. The maximum atomic E-state index is 15.7. The Kier molecular flexibility index (Phi) is 5.18. The number of rotatable bonds is 2. The third-order valence-corrected chi connectivity index (χ3v) is 5.08. The van der Waals surface area contributed by atoms with E-state index in [0.717, 1.165) is 0 Å². The van der Waals surface area contributed by atoms with E-state index in [9.17, 15) is 57.1 Å². The second kappa shape index (κ2) is 7.37. The van der Waals surface area contributed by atoms with Crippen LogP contribution in [0.15, 0.2) is 23.1 Å². The number of fused-ring (bicyclic) bond motifs is 3. The van der Waals surface area contributed by atoms with Gasteiger partial charge in [0.25, 0.3) is 0 Å². The molecule has 0 amide bonds. The summed E-state index contributed by atoms with van der Waals surface area (Å²) in [5, 5.41) is 0. The van der Waals surface area contributed by atoms with Gasteiger partial charge in [0.1, 0.15) is 5.83 Å². The van der Waals surface area contributed by atoms with Crippen LogP contribution in [0.25, 0.3) is 11.4 Å². The van der Waals surface area contributed by atoms with Gasteiger partial charge >= 0.3 is 0 Å². The van der Waals surface area contributed by atoms with E-state index in [0.29, 0.717) is 0 Å². The van der Waals surface area contributed by atoms with Crippen molar-refractivity contribution in [3.63, 3.8) is 0 Å². The topological polar surface area (TPSA) is 0 Å². The van der Waals surface area contributed by atoms with Crippen LogP contribution in [-0.2, 0) is 0 Å². The minimum Gasteiger partial charge on any atom is -0.241 e. The molecule has 2 aromatic rings. The Hall–Kier alpha value is -3.26. The number of benzene rings is 2. The van der Waals surface area contributed by atoms with Crippen molar-refractivity contribution in [3.05, 3.63) is 86.5 Å². The van der Waals surface area contributed by atoms with Crippen LogP contribution in [0, 0.1) is 52.4 Å². The van der Waals surface area contributed by atoms with E-state index in [1.807, 2.05) is 0 Å². The third kappa shape index (κ3) is 2.75. The average molecular weight is 505 g/mol. The lowest BCUT2D eigenvalue weighted by atomic mass is 9.51. The van der Waals surface area contributed by atoms with Crippen molar-refractivity contribution in [1.82, 2.24) is 0 Å². The van der Waals surface area contributed by atoms with Gasteiger partial charge in [0.15, 0.2) is 75.4 Å². The largest absolute Gasteiger partial charge is 0.241 e. The number of alkyl halides is 1. The second-order valence-corrected chi connectivity index (χ2v) is 6.85. The Morgan fingerprint density at radius 1 is 0.441 bits per heavy atom. The molecule has 1 atom stereocenters. The molecule has 0 nitrogen and oxygen atoms in total. The van der Waals surface area contributed by atoms with Crippen LogP contribution in [0.5, 0.6) is 0 Å². The van der Waals surface area contributed by atoms with Crippen LogP contribution in [-0.4, -0.2) is 12.8 Å². The van der Waals surface area contributed by atoms with Crippen molar-refractivity contribution in [1.29, 1.82) is 0 Å². The van der Waals surface area contributed by atoms with Gasteiger partial charge in [-0.05, 0) is 5.46 Å². The Balaban J connectivity index is 2.08. The first-order valence-corrected chi connectivity index (χ1v) is 8.47. The molecule has 2 aromatic carbocycles. The molecule has 177 valence electrons.